The van der Waals surface area contributed by atoms with Crippen molar-refractivity contribution in [1.82, 2.24) is 10.1 Å². The van der Waals surface area contributed by atoms with Crippen LogP contribution < -0.4 is 4.74 Å². The van der Waals surface area contributed by atoms with Crippen molar-refractivity contribution in [3.63, 3.8) is 0 Å². The van der Waals surface area contributed by atoms with E-state index in [9.17, 15) is 0 Å². The van der Waals surface area contributed by atoms with Gasteiger partial charge in [-0.2, -0.15) is 10.2 Å². The second-order valence-corrected chi connectivity index (χ2v) is 4.38. The average molecular weight is 257 g/mol. The first-order valence-electron chi connectivity index (χ1n) is 6.14. The van der Waals surface area contributed by atoms with Crippen molar-refractivity contribution in [2.75, 3.05) is 0 Å². The fourth-order valence-corrected chi connectivity index (χ4v) is 1.62. The van der Waals surface area contributed by atoms with Gasteiger partial charge in [0.05, 0.1) is 6.07 Å². The van der Waals surface area contributed by atoms with Gasteiger partial charge in [-0.1, -0.05) is 30.3 Å². The molecule has 1 heterocycles. The van der Waals surface area contributed by atoms with Gasteiger partial charge >= 0.3 is 0 Å². The van der Waals surface area contributed by atoms with Gasteiger partial charge in [0.1, 0.15) is 5.75 Å². The summed E-state index contributed by atoms with van der Waals surface area (Å²) in [5.41, 5.74) is 0. The Bertz CT molecular complexity index is 545. The molecule has 0 spiro atoms. The van der Waals surface area contributed by atoms with E-state index in [2.05, 4.69) is 16.2 Å². The van der Waals surface area contributed by atoms with Crippen molar-refractivity contribution in [3.8, 4) is 11.8 Å². The highest BCUT2D eigenvalue weighted by Crippen LogP contribution is 2.12. The predicted octanol–water partition coefficient (Wildman–Crippen LogP) is 2.74. The fourth-order valence-electron chi connectivity index (χ4n) is 1.62. The van der Waals surface area contributed by atoms with Gasteiger partial charge in [0.15, 0.2) is 6.61 Å². The molecule has 0 aliphatic carbocycles. The molecule has 0 radical (unpaired) electrons. The Morgan fingerprint density at radius 1 is 1.37 bits per heavy atom. The molecule has 0 aliphatic rings. The maximum absolute atomic E-state index is 8.59. The Labute approximate surface area is 111 Å². The van der Waals surface area contributed by atoms with Crippen molar-refractivity contribution in [1.29, 1.82) is 5.26 Å². The molecule has 0 saturated carbocycles. The lowest BCUT2D eigenvalue weighted by Gasteiger charge is -2.01. The SMILES string of the molecule is CC(CC#N)Cc1nc(COc2ccccc2)no1. The van der Waals surface area contributed by atoms with Crippen LogP contribution in [0.3, 0.4) is 0 Å². The zero-order valence-corrected chi connectivity index (χ0v) is 10.7. The van der Waals surface area contributed by atoms with Crippen LogP contribution in [0.15, 0.2) is 34.9 Å². The second-order valence-electron chi connectivity index (χ2n) is 4.38. The van der Waals surface area contributed by atoms with Gasteiger partial charge in [0.2, 0.25) is 11.7 Å². The monoisotopic (exact) mass is 257 g/mol. The number of nitrogens with zero attached hydrogens (tertiary/aromatic N) is 3. The minimum atomic E-state index is 0.216. The van der Waals surface area contributed by atoms with Crippen LogP contribution in [0, 0.1) is 17.2 Å². The third-order valence-corrected chi connectivity index (χ3v) is 2.58. The summed E-state index contributed by atoms with van der Waals surface area (Å²) >= 11 is 0. The van der Waals surface area contributed by atoms with Gasteiger partial charge in [-0.3, -0.25) is 0 Å². The van der Waals surface area contributed by atoms with Crippen LogP contribution in [0.25, 0.3) is 0 Å². The molecule has 0 amide bonds. The van der Waals surface area contributed by atoms with Gasteiger partial charge in [0, 0.05) is 12.8 Å². The Hall–Kier alpha value is -2.35. The van der Waals surface area contributed by atoms with Gasteiger partial charge in [-0.05, 0) is 18.1 Å². The topological polar surface area (TPSA) is 71.9 Å². The molecular weight excluding hydrogens is 242 g/mol. The molecule has 5 nitrogen and oxygen atoms in total. The molecule has 0 N–H and O–H groups in total. The number of hydrogen-bond donors (Lipinski definition) is 0. The fraction of sp³-hybridized carbons (Fsp3) is 0.357. The Morgan fingerprint density at radius 2 is 2.16 bits per heavy atom. The maximum atomic E-state index is 8.59. The molecular formula is C14H15N3O2. The lowest BCUT2D eigenvalue weighted by atomic mass is 10.1. The van der Waals surface area contributed by atoms with Gasteiger partial charge in [-0.15, -0.1) is 0 Å². The summed E-state index contributed by atoms with van der Waals surface area (Å²) in [4.78, 5) is 4.24. The smallest absolute Gasteiger partial charge is 0.227 e. The molecule has 1 atom stereocenters. The molecule has 0 aliphatic heterocycles. The standard InChI is InChI=1S/C14H15N3O2/c1-11(7-8-15)9-14-16-13(17-19-14)10-18-12-5-3-2-4-6-12/h2-6,11H,7,9-10H2,1H3. The molecule has 1 unspecified atom stereocenters. The quantitative estimate of drug-likeness (QED) is 0.795. The minimum absolute atomic E-state index is 0.216. The van der Waals surface area contributed by atoms with E-state index in [0.29, 0.717) is 24.6 Å². The molecule has 2 aromatic rings. The molecule has 5 heteroatoms. The van der Waals surface area contributed by atoms with Crippen LogP contribution in [0.2, 0.25) is 0 Å². The summed E-state index contributed by atoms with van der Waals surface area (Å²) in [6, 6.07) is 11.6. The van der Waals surface area contributed by atoms with Crippen LogP contribution in [-0.2, 0) is 13.0 Å². The number of para-hydroxylation sites is 1. The number of hydrogen-bond acceptors (Lipinski definition) is 5. The van der Waals surface area contributed by atoms with E-state index < -0.39 is 0 Å². The second kappa shape index (κ2) is 6.55. The molecule has 0 saturated heterocycles. The zero-order valence-electron chi connectivity index (χ0n) is 10.7. The lowest BCUT2D eigenvalue weighted by molar-refractivity contribution is 0.284. The molecule has 1 aromatic heterocycles. The molecule has 2 rings (SSSR count). The third-order valence-electron chi connectivity index (χ3n) is 2.58. The van der Waals surface area contributed by atoms with E-state index in [1.807, 2.05) is 37.3 Å². The highest BCUT2D eigenvalue weighted by atomic mass is 16.5. The number of rotatable bonds is 6. The average Bonchev–Trinajstić information content (AvgIpc) is 2.85. The first-order valence-corrected chi connectivity index (χ1v) is 6.14. The molecule has 0 fully saturated rings. The summed E-state index contributed by atoms with van der Waals surface area (Å²) < 4.78 is 10.6. The summed E-state index contributed by atoms with van der Waals surface area (Å²) in [6.45, 7) is 2.26. The predicted molar refractivity (Wildman–Crippen MR) is 68.2 cm³/mol. The van der Waals surface area contributed by atoms with Gasteiger partial charge in [-0.25, -0.2) is 0 Å². The molecule has 98 valence electrons. The molecule has 1 aromatic carbocycles. The van der Waals surface area contributed by atoms with Crippen LogP contribution in [0.4, 0.5) is 0 Å². The van der Waals surface area contributed by atoms with Crippen molar-refractivity contribution < 1.29 is 9.26 Å². The van der Waals surface area contributed by atoms with E-state index in [0.717, 1.165) is 5.75 Å². The number of nitriles is 1. The van der Waals surface area contributed by atoms with Gasteiger partial charge < -0.3 is 9.26 Å². The summed E-state index contributed by atoms with van der Waals surface area (Å²) in [5.74, 6) is 2.05. The van der Waals surface area contributed by atoms with E-state index in [4.69, 9.17) is 14.5 Å². The van der Waals surface area contributed by atoms with E-state index in [1.165, 1.54) is 0 Å². The van der Waals surface area contributed by atoms with Crippen LogP contribution in [-0.4, -0.2) is 10.1 Å². The molecule has 19 heavy (non-hydrogen) atoms. The van der Waals surface area contributed by atoms with E-state index in [-0.39, 0.29) is 12.5 Å². The largest absolute Gasteiger partial charge is 0.485 e. The Morgan fingerprint density at radius 3 is 2.89 bits per heavy atom. The first kappa shape index (κ1) is 13.1. The van der Waals surface area contributed by atoms with E-state index in [1.54, 1.807) is 0 Å². The van der Waals surface area contributed by atoms with Crippen LogP contribution in [0.1, 0.15) is 25.1 Å². The number of benzene rings is 1. The van der Waals surface area contributed by atoms with Crippen LogP contribution in [0.5, 0.6) is 5.75 Å². The lowest BCUT2D eigenvalue weighted by Crippen LogP contribution is -2.00. The van der Waals surface area contributed by atoms with Crippen molar-refractivity contribution in [3.05, 3.63) is 42.0 Å². The van der Waals surface area contributed by atoms with Crippen molar-refractivity contribution >= 4 is 0 Å². The summed E-state index contributed by atoms with van der Waals surface area (Å²) in [7, 11) is 0. The normalized spacial score (nSPS) is 11.8. The Balaban J connectivity index is 1.86. The molecule has 0 bridgehead atoms. The maximum Gasteiger partial charge on any atom is 0.227 e. The van der Waals surface area contributed by atoms with E-state index >= 15 is 0 Å². The minimum Gasteiger partial charge on any atom is -0.485 e. The third kappa shape index (κ3) is 4.11. The number of ether oxygens (including phenoxy) is 1. The summed E-state index contributed by atoms with van der Waals surface area (Å²) in [6.07, 6.45) is 1.10. The van der Waals surface area contributed by atoms with Gasteiger partial charge in [0.25, 0.3) is 0 Å². The summed E-state index contributed by atoms with van der Waals surface area (Å²) in [5, 5.41) is 12.4. The van der Waals surface area contributed by atoms with Crippen molar-refractivity contribution in [2.45, 2.75) is 26.4 Å². The van der Waals surface area contributed by atoms with Crippen LogP contribution >= 0.6 is 0 Å². The Kier molecular flexibility index (Phi) is 4.51. The highest BCUT2D eigenvalue weighted by molar-refractivity contribution is 5.20. The van der Waals surface area contributed by atoms with Crippen molar-refractivity contribution in [2.24, 2.45) is 5.92 Å². The number of aromatic nitrogens is 2. The highest BCUT2D eigenvalue weighted by Gasteiger charge is 2.11. The zero-order chi connectivity index (χ0) is 13.5. The first-order chi connectivity index (χ1) is 9.28.